The minimum absolute atomic E-state index is 0.0105. The quantitative estimate of drug-likeness (QED) is 0.652. The topological polar surface area (TPSA) is 107 Å². The highest BCUT2D eigenvalue weighted by Crippen LogP contribution is 2.13. The standard InChI is InChI=1S/C12H23N3O5S2/c1-10(11(16)17)9-14(2)12(18)13-3-8-22(19,20)15-4-6-21-7-5-15/h10H,3-9H2,1-2H3,(H,13,18)(H,16,17). The van der Waals surface area contributed by atoms with Gasteiger partial charge in [-0.2, -0.15) is 11.8 Å². The Hall–Kier alpha value is -1.00. The molecular formula is C12H23N3O5S2. The molecule has 1 aliphatic heterocycles. The molecule has 10 heteroatoms. The maximum Gasteiger partial charge on any atom is 0.317 e. The number of thioether (sulfide) groups is 1. The van der Waals surface area contributed by atoms with Crippen LogP contribution >= 0.6 is 11.8 Å². The third-order valence-corrected chi connectivity index (χ3v) is 6.13. The molecule has 1 atom stereocenters. The molecule has 0 aromatic carbocycles. The highest BCUT2D eigenvalue weighted by molar-refractivity contribution is 7.99. The van der Waals surface area contributed by atoms with Gasteiger partial charge < -0.3 is 15.3 Å². The smallest absolute Gasteiger partial charge is 0.317 e. The molecule has 2 N–H and O–H groups in total. The summed E-state index contributed by atoms with van der Waals surface area (Å²) < 4.78 is 25.6. The highest BCUT2D eigenvalue weighted by atomic mass is 32.2. The van der Waals surface area contributed by atoms with Crippen LogP contribution in [-0.2, 0) is 14.8 Å². The molecule has 1 heterocycles. The number of hydrogen-bond donors (Lipinski definition) is 2. The Morgan fingerprint density at radius 3 is 2.50 bits per heavy atom. The van der Waals surface area contributed by atoms with Crippen LogP contribution < -0.4 is 5.32 Å². The molecule has 1 rings (SSSR count). The van der Waals surface area contributed by atoms with Crippen molar-refractivity contribution in [2.75, 3.05) is 50.5 Å². The number of sulfonamides is 1. The van der Waals surface area contributed by atoms with Gasteiger partial charge in [-0.1, -0.05) is 6.92 Å². The van der Waals surface area contributed by atoms with E-state index in [4.69, 9.17) is 5.11 Å². The second-order valence-electron chi connectivity index (χ2n) is 5.18. The zero-order chi connectivity index (χ0) is 16.8. The van der Waals surface area contributed by atoms with E-state index in [0.717, 1.165) is 11.5 Å². The van der Waals surface area contributed by atoms with Crippen LogP contribution in [0.1, 0.15) is 6.92 Å². The van der Waals surface area contributed by atoms with Crippen LogP contribution in [0.4, 0.5) is 4.79 Å². The number of carboxylic acid groups (broad SMARTS) is 1. The third-order valence-electron chi connectivity index (χ3n) is 3.32. The van der Waals surface area contributed by atoms with Gasteiger partial charge in [0.2, 0.25) is 10.0 Å². The van der Waals surface area contributed by atoms with Crippen LogP contribution in [0, 0.1) is 5.92 Å². The van der Waals surface area contributed by atoms with Crippen molar-refractivity contribution >= 4 is 33.8 Å². The van der Waals surface area contributed by atoms with Gasteiger partial charge in [-0.15, -0.1) is 0 Å². The third kappa shape index (κ3) is 6.01. The number of carbonyl (C=O) groups excluding carboxylic acids is 1. The van der Waals surface area contributed by atoms with Crippen molar-refractivity contribution in [3.63, 3.8) is 0 Å². The van der Waals surface area contributed by atoms with E-state index in [-0.39, 0.29) is 18.8 Å². The molecule has 0 bridgehead atoms. The van der Waals surface area contributed by atoms with E-state index in [0.29, 0.717) is 13.1 Å². The maximum atomic E-state index is 12.1. The Morgan fingerprint density at radius 1 is 1.36 bits per heavy atom. The van der Waals surface area contributed by atoms with Gasteiger partial charge in [0, 0.05) is 44.7 Å². The number of urea groups is 1. The van der Waals surface area contributed by atoms with Crippen molar-refractivity contribution in [3.8, 4) is 0 Å². The summed E-state index contributed by atoms with van der Waals surface area (Å²) in [4.78, 5) is 23.7. The van der Waals surface area contributed by atoms with Gasteiger partial charge in [-0.25, -0.2) is 17.5 Å². The fraction of sp³-hybridized carbons (Fsp3) is 0.833. The molecule has 22 heavy (non-hydrogen) atoms. The molecule has 0 radical (unpaired) electrons. The molecule has 0 spiro atoms. The predicted molar refractivity (Wildman–Crippen MR) is 85.5 cm³/mol. The van der Waals surface area contributed by atoms with E-state index in [9.17, 15) is 18.0 Å². The van der Waals surface area contributed by atoms with E-state index in [1.165, 1.54) is 23.2 Å². The van der Waals surface area contributed by atoms with Crippen LogP contribution in [0.2, 0.25) is 0 Å². The van der Waals surface area contributed by atoms with Gasteiger partial charge in [-0.05, 0) is 0 Å². The number of carbonyl (C=O) groups is 2. The van der Waals surface area contributed by atoms with Crippen molar-refractivity contribution in [2.24, 2.45) is 5.92 Å². The Labute approximate surface area is 135 Å². The molecule has 1 aliphatic rings. The number of carboxylic acids is 1. The molecule has 8 nitrogen and oxygen atoms in total. The van der Waals surface area contributed by atoms with Crippen LogP contribution in [0.5, 0.6) is 0 Å². The zero-order valence-electron chi connectivity index (χ0n) is 12.8. The van der Waals surface area contributed by atoms with Crippen LogP contribution in [0.3, 0.4) is 0 Å². The Morgan fingerprint density at radius 2 is 1.95 bits per heavy atom. The van der Waals surface area contributed by atoms with Crippen molar-refractivity contribution in [1.82, 2.24) is 14.5 Å². The summed E-state index contributed by atoms with van der Waals surface area (Å²) in [6.45, 7) is 2.60. The summed E-state index contributed by atoms with van der Waals surface area (Å²) >= 11 is 1.72. The number of nitrogens with one attached hydrogen (secondary N) is 1. The van der Waals surface area contributed by atoms with E-state index in [1.807, 2.05) is 0 Å². The molecular weight excluding hydrogens is 330 g/mol. The summed E-state index contributed by atoms with van der Waals surface area (Å²) in [5, 5.41) is 11.3. The summed E-state index contributed by atoms with van der Waals surface area (Å²) in [5.41, 5.74) is 0. The van der Waals surface area contributed by atoms with E-state index in [2.05, 4.69) is 5.32 Å². The maximum absolute atomic E-state index is 12.1. The lowest BCUT2D eigenvalue weighted by Gasteiger charge is -2.26. The van der Waals surface area contributed by atoms with Gasteiger partial charge in [0.25, 0.3) is 0 Å². The SMILES string of the molecule is CC(CN(C)C(=O)NCCS(=O)(=O)N1CCSCC1)C(=O)O. The van der Waals surface area contributed by atoms with Crippen molar-refractivity contribution in [2.45, 2.75) is 6.92 Å². The second kappa shape index (κ2) is 8.59. The molecule has 0 aliphatic carbocycles. The molecule has 1 fully saturated rings. The van der Waals surface area contributed by atoms with Gasteiger partial charge >= 0.3 is 12.0 Å². The minimum atomic E-state index is -3.35. The van der Waals surface area contributed by atoms with Gasteiger partial charge in [0.1, 0.15) is 0 Å². The molecule has 0 saturated carbocycles. The molecule has 1 saturated heterocycles. The van der Waals surface area contributed by atoms with Crippen molar-refractivity contribution in [1.29, 1.82) is 0 Å². The normalized spacial score (nSPS) is 17.7. The van der Waals surface area contributed by atoms with Crippen LogP contribution in [0.15, 0.2) is 0 Å². The van der Waals surface area contributed by atoms with Gasteiger partial charge in [0.05, 0.1) is 11.7 Å². The van der Waals surface area contributed by atoms with Crippen LogP contribution in [0.25, 0.3) is 0 Å². The summed E-state index contributed by atoms with van der Waals surface area (Å²) in [7, 11) is -1.87. The van der Waals surface area contributed by atoms with E-state index >= 15 is 0 Å². The fourth-order valence-electron chi connectivity index (χ4n) is 1.95. The molecule has 0 aromatic heterocycles. The van der Waals surface area contributed by atoms with Crippen LogP contribution in [-0.4, -0.2) is 85.2 Å². The monoisotopic (exact) mass is 353 g/mol. The number of aliphatic carboxylic acids is 1. The summed E-state index contributed by atoms with van der Waals surface area (Å²) in [5.74, 6) is -0.218. The Balaban J connectivity index is 2.36. The number of nitrogens with zero attached hydrogens (tertiary/aromatic N) is 2. The zero-order valence-corrected chi connectivity index (χ0v) is 14.5. The van der Waals surface area contributed by atoms with Gasteiger partial charge in [0.15, 0.2) is 0 Å². The average Bonchev–Trinajstić information content (AvgIpc) is 2.47. The fourth-order valence-corrected chi connectivity index (χ4v) is 4.44. The first-order chi connectivity index (χ1) is 10.2. The molecule has 128 valence electrons. The summed E-state index contributed by atoms with van der Waals surface area (Å²) in [6, 6.07) is -0.475. The largest absolute Gasteiger partial charge is 0.481 e. The van der Waals surface area contributed by atoms with E-state index in [1.54, 1.807) is 11.8 Å². The lowest BCUT2D eigenvalue weighted by molar-refractivity contribution is -0.141. The predicted octanol–water partition coefficient (Wildman–Crippen LogP) is -0.273. The number of rotatable bonds is 7. The lowest BCUT2D eigenvalue weighted by atomic mass is 10.2. The first kappa shape index (κ1) is 19.0. The first-order valence-electron chi connectivity index (χ1n) is 7.01. The lowest BCUT2D eigenvalue weighted by Crippen LogP contribution is -2.45. The Kier molecular flexibility index (Phi) is 7.43. The first-order valence-corrected chi connectivity index (χ1v) is 9.77. The Bertz CT molecular complexity index is 491. The molecule has 2 amide bonds. The average molecular weight is 353 g/mol. The van der Waals surface area contributed by atoms with Crippen molar-refractivity contribution in [3.05, 3.63) is 0 Å². The molecule has 1 unspecified atom stereocenters. The van der Waals surface area contributed by atoms with E-state index < -0.39 is 27.9 Å². The minimum Gasteiger partial charge on any atom is -0.481 e. The highest BCUT2D eigenvalue weighted by Gasteiger charge is 2.24. The second-order valence-corrected chi connectivity index (χ2v) is 8.49. The molecule has 0 aromatic rings. The van der Waals surface area contributed by atoms with Gasteiger partial charge in [-0.3, -0.25) is 4.79 Å². The summed E-state index contributed by atoms with van der Waals surface area (Å²) in [6.07, 6.45) is 0. The van der Waals surface area contributed by atoms with Crippen molar-refractivity contribution < 1.29 is 23.1 Å². The number of amides is 2. The number of hydrogen-bond acceptors (Lipinski definition) is 5.